The number of hydrogen-bond acceptors (Lipinski definition) is 6. The molecule has 4 rings (SSSR count). The van der Waals surface area contributed by atoms with Gasteiger partial charge in [-0.15, -0.1) is 0 Å². The van der Waals surface area contributed by atoms with Gasteiger partial charge < -0.3 is 18.5 Å². The van der Waals surface area contributed by atoms with E-state index in [-0.39, 0.29) is 12.4 Å². The van der Waals surface area contributed by atoms with Crippen molar-refractivity contribution in [2.75, 3.05) is 13.2 Å². The van der Waals surface area contributed by atoms with Crippen LogP contribution < -0.4 is 4.74 Å². The SMILES string of the molecule is CCCCCOc1ccc(Cn2c(C)nc3c(C)cc(-c4nc(C)c(C(=O)OCC)o4)cc32)c(Cl)c1. The molecule has 0 aliphatic rings. The van der Waals surface area contributed by atoms with Crippen LogP contribution in [0.15, 0.2) is 34.7 Å². The lowest BCUT2D eigenvalue weighted by molar-refractivity contribution is 0.0490. The monoisotopic (exact) mass is 509 g/mol. The lowest BCUT2D eigenvalue weighted by atomic mass is 10.1. The number of carbonyl (C=O) groups excluding carboxylic acids is 1. The predicted molar refractivity (Wildman–Crippen MR) is 141 cm³/mol. The van der Waals surface area contributed by atoms with Crippen LogP contribution >= 0.6 is 11.6 Å². The first-order chi connectivity index (χ1) is 17.3. The summed E-state index contributed by atoms with van der Waals surface area (Å²) in [6.07, 6.45) is 3.34. The van der Waals surface area contributed by atoms with Gasteiger partial charge in [-0.2, -0.15) is 0 Å². The van der Waals surface area contributed by atoms with Gasteiger partial charge in [0.15, 0.2) is 0 Å². The van der Waals surface area contributed by atoms with Crippen molar-refractivity contribution in [3.8, 4) is 17.2 Å². The van der Waals surface area contributed by atoms with E-state index < -0.39 is 5.97 Å². The molecule has 2 aromatic carbocycles. The van der Waals surface area contributed by atoms with Gasteiger partial charge in [-0.1, -0.05) is 37.4 Å². The maximum Gasteiger partial charge on any atom is 0.376 e. The Hall–Kier alpha value is -3.32. The second-order valence-corrected chi connectivity index (χ2v) is 9.28. The average molecular weight is 510 g/mol. The van der Waals surface area contributed by atoms with Gasteiger partial charge in [0.2, 0.25) is 11.7 Å². The zero-order chi connectivity index (χ0) is 25.8. The summed E-state index contributed by atoms with van der Waals surface area (Å²) in [4.78, 5) is 21.5. The van der Waals surface area contributed by atoms with E-state index in [0.29, 0.717) is 29.8 Å². The predicted octanol–water partition coefficient (Wildman–Crippen LogP) is 7.06. The first-order valence-corrected chi connectivity index (χ1v) is 12.7. The van der Waals surface area contributed by atoms with Gasteiger partial charge in [0, 0.05) is 10.6 Å². The summed E-state index contributed by atoms with van der Waals surface area (Å²) in [6, 6.07) is 9.80. The number of halogens is 1. The minimum Gasteiger partial charge on any atom is -0.494 e. The van der Waals surface area contributed by atoms with Crippen molar-refractivity contribution in [2.45, 2.75) is 60.4 Å². The molecule has 0 fully saturated rings. The van der Waals surface area contributed by atoms with Crippen molar-refractivity contribution in [2.24, 2.45) is 0 Å². The highest BCUT2D eigenvalue weighted by atomic mass is 35.5. The average Bonchev–Trinajstić information content (AvgIpc) is 3.38. The van der Waals surface area contributed by atoms with Crippen molar-refractivity contribution in [1.29, 1.82) is 0 Å². The summed E-state index contributed by atoms with van der Waals surface area (Å²) in [6.45, 7) is 11.2. The molecule has 0 amide bonds. The molecule has 0 aliphatic heterocycles. The number of esters is 1. The van der Waals surface area contributed by atoms with E-state index >= 15 is 0 Å². The maximum absolute atomic E-state index is 12.2. The van der Waals surface area contributed by atoms with Crippen molar-refractivity contribution < 1.29 is 18.7 Å². The molecule has 0 N–H and O–H groups in total. The Balaban J connectivity index is 1.65. The Kier molecular flexibility index (Phi) is 7.99. The first kappa shape index (κ1) is 25.8. The van der Waals surface area contributed by atoms with E-state index in [1.54, 1.807) is 13.8 Å². The summed E-state index contributed by atoms with van der Waals surface area (Å²) in [5.41, 5.74) is 5.06. The van der Waals surface area contributed by atoms with E-state index in [9.17, 15) is 4.79 Å². The van der Waals surface area contributed by atoms with Crippen molar-refractivity contribution in [3.63, 3.8) is 0 Å². The Morgan fingerprint density at radius 2 is 1.89 bits per heavy atom. The lowest BCUT2D eigenvalue weighted by Gasteiger charge is -2.12. The number of unbranched alkanes of at least 4 members (excludes halogenated alkanes) is 2. The highest BCUT2D eigenvalue weighted by molar-refractivity contribution is 6.31. The second-order valence-electron chi connectivity index (χ2n) is 8.87. The van der Waals surface area contributed by atoms with Crippen LogP contribution in [0, 0.1) is 20.8 Å². The Morgan fingerprint density at radius 3 is 2.61 bits per heavy atom. The Morgan fingerprint density at radius 1 is 1.08 bits per heavy atom. The molecule has 0 spiro atoms. The highest BCUT2D eigenvalue weighted by Crippen LogP contribution is 2.31. The van der Waals surface area contributed by atoms with E-state index in [2.05, 4.69) is 16.5 Å². The number of nitrogens with zero attached hydrogens (tertiary/aromatic N) is 3. The number of hydrogen-bond donors (Lipinski definition) is 0. The molecule has 0 radical (unpaired) electrons. The molecule has 0 bridgehead atoms. The fourth-order valence-electron chi connectivity index (χ4n) is 4.20. The lowest BCUT2D eigenvalue weighted by Crippen LogP contribution is -2.04. The van der Waals surface area contributed by atoms with Gasteiger partial charge in [0.1, 0.15) is 11.6 Å². The molecule has 7 nitrogen and oxygen atoms in total. The summed E-state index contributed by atoms with van der Waals surface area (Å²) >= 11 is 6.64. The van der Waals surface area contributed by atoms with Crippen molar-refractivity contribution in [1.82, 2.24) is 14.5 Å². The molecular formula is C28H32ClN3O4. The van der Waals surface area contributed by atoms with Gasteiger partial charge >= 0.3 is 5.97 Å². The number of aromatic nitrogens is 3. The number of aryl methyl sites for hydroxylation is 3. The van der Waals surface area contributed by atoms with E-state index in [4.69, 9.17) is 30.5 Å². The third kappa shape index (κ3) is 5.41. The fourth-order valence-corrected chi connectivity index (χ4v) is 4.43. The molecule has 190 valence electrons. The number of ether oxygens (including phenoxy) is 2. The zero-order valence-corrected chi connectivity index (χ0v) is 22.2. The van der Waals surface area contributed by atoms with E-state index in [1.165, 1.54) is 0 Å². The minimum atomic E-state index is -0.514. The van der Waals surface area contributed by atoms with Gasteiger partial charge in [0.05, 0.1) is 36.5 Å². The Bertz CT molecular complexity index is 1390. The van der Waals surface area contributed by atoms with Gasteiger partial charge in [-0.3, -0.25) is 0 Å². The molecule has 36 heavy (non-hydrogen) atoms. The normalized spacial score (nSPS) is 11.3. The highest BCUT2D eigenvalue weighted by Gasteiger charge is 2.21. The van der Waals surface area contributed by atoms with Crippen molar-refractivity contribution in [3.05, 3.63) is 63.8 Å². The largest absolute Gasteiger partial charge is 0.494 e. The molecule has 4 aromatic rings. The summed E-state index contributed by atoms with van der Waals surface area (Å²) in [7, 11) is 0. The van der Waals surface area contributed by atoms with Crippen LogP contribution in [-0.2, 0) is 11.3 Å². The fraction of sp³-hybridized carbons (Fsp3) is 0.393. The van der Waals surface area contributed by atoms with Crippen LogP contribution in [0.5, 0.6) is 5.75 Å². The number of oxazole rings is 1. The van der Waals surface area contributed by atoms with Crippen LogP contribution in [-0.4, -0.2) is 33.7 Å². The van der Waals surface area contributed by atoms with Gasteiger partial charge in [-0.25, -0.2) is 14.8 Å². The molecule has 0 saturated carbocycles. The molecular weight excluding hydrogens is 478 g/mol. The maximum atomic E-state index is 12.2. The Labute approximate surface area is 216 Å². The zero-order valence-electron chi connectivity index (χ0n) is 21.5. The number of imidazole rings is 1. The summed E-state index contributed by atoms with van der Waals surface area (Å²) in [5, 5.41) is 0.652. The topological polar surface area (TPSA) is 79.4 Å². The molecule has 2 heterocycles. The van der Waals surface area contributed by atoms with Gasteiger partial charge in [-0.05, 0) is 69.5 Å². The molecule has 0 unspecified atom stereocenters. The standard InChI is InChI=1S/C28H32ClN3O4/c1-6-8-9-12-35-22-11-10-20(23(29)15-22)16-32-19(5)31-25-17(3)13-21(14-24(25)32)27-30-18(4)26(36-27)28(33)34-7-2/h10-11,13-15H,6-9,12,16H2,1-5H3. The smallest absolute Gasteiger partial charge is 0.376 e. The van der Waals surface area contributed by atoms with Crippen molar-refractivity contribution >= 4 is 28.6 Å². The van der Waals surface area contributed by atoms with E-state index in [1.807, 2.05) is 44.2 Å². The molecule has 0 saturated heterocycles. The molecule has 0 atom stereocenters. The van der Waals surface area contributed by atoms with E-state index in [0.717, 1.165) is 58.6 Å². The third-order valence-electron chi connectivity index (χ3n) is 6.11. The van der Waals surface area contributed by atoms with Crippen LogP contribution in [0.1, 0.15) is 66.3 Å². The number of rotatable bonds is 10. The second kappa shape index (κ2) is 11.2. The molecule has 2 aromatic heterocycles. The van der Waals surface area contributed by atoms with Crippen LogP contribution in [0.4, 0.5) is 0 Å². The summed E-state index contributed by atoms with van der Waals surface area (Å²) in [5.74, 6) is 1.63. The third-order valence-corrected chi connectivity index (χ3v) is 6.46. The summed E-state index contributed by atoms with van der Waals surface area (Å²) < 4.78 is 18.9. The van der Waals surface area contributed by atoms with Gasteiger partial charge in [0.25, 0.3) is 0 Å². The van der Waals surface area contributed by atoms with Crippen LogP contribution in [0.2, 0.25) is 5.02 Å². The van der Waals surface area contributed by atoms with Crippen LogP contribution in [0.25, 0.3) is 22.5 Å². The number of carbonyl (C=O) groups is 1. The number of benzene rings is 2. The van der Waals surface area contributed by atoms with Crippen LogP contribution in [0.3, 0.4) is 0 Å². The molecule has 0 aliphatic carbocycles. The first-order valence-electron chi connectivity index (χ1n) is 12.4. The number of fused-ring (bicyclic) bond motifs is 1. The molecule has 8 heteroatoms. The minimum absolute atomic E-state index is 0.123. The quantitative estimate of drug-likeness (QED) is 0.168.